The molecule has 0 fully saturated rings. The molecule has 0 aliphatic rings. The van der Waals surface area contributed by atoms with E-state index in [1.807, 2.05) is 0 Å². The van der Waals surface area contributed by atoms with Crippen LogP contribution in [0, 0.1) is 0 Å². The molecule has 2 aromatic carbocycles. The highest BCUT2D eigenvalue weighted by molar-refractivity contribution is 7.92. The van der Waals surface area contributed by atoms with Gasteiger partial charge in [0.2, 0.25) is 0 Å². The van der Waals surface area contributed by atoms with Gasteiger partial charge < -0.3 is 0 Å². The molecular formula is C13H11Cl2NO2S. The zero-order chi connectivity index (χ0) is 14.0. The molecule has 0 aliphatic carbocycles. The average Bonchev–Trinajstić information content (AvgIpc) is 2.39. The van der Waals surface area contributed by atoms with Gasteiger partial charge >= 0.3 is 0 Å². The van der Waals surface area contributed by atoms with E-state index in [-0.39, 0.29) is 4.90 Å². The van der Waals surface area contributed by atoms with Crippen LogP contribution in [0.25, 0.3) is 0 Å². The highest BCUT2D eigenvalue weighted by Crippen LogP contribution is 2.29. The van der Waals surface area contributed by atoms with Crippen LogP contribution in [0.3, 0.4) is 0 Å². The zero-order valence-corrected chi connectivity index (χ0v) is 12.4. The van der Waals surface area contributed by atoms with E-state index >= 15 is 0 Å². The Morgan fingerprint density at radius 1 is 0.947 bits per heavy atom. The van der Waals surface area contributed by atoms with Gasteiger partial charge in [-0.2, -0.15) is 0 Å². The molecule has 0 bridgehead atoms. The molecule has 0 unspecified atom stereocenters. The largest absolute Gasteiger partial charge is 0.268 e. The van der Waals surface area contributed by atoms with Gasteiger partial charge in [0.1, 0.15) is 0 Å². The molecule has 0 heterocycles. The second kappa shape index (κ2) is 5.41. The number of hydrogen-bond acceptors (Lipinski definition) is 2. The summed E-state index contributed by atoms with van der Waals surface area (Å²) >= 11 is 11.8. The van der Waals surface area contributed by atoms with Crippen LogP contribution in [-0.2, 0) is 10.0 Å². The van der Waals surface area contributed by atoms with Gasteiger partial charge in [0, 0.05) is 12.1 Å². The summed E-state index contributed by atoms with van der Waals surface area (Å²) < 4.78 is 26.0. The normalized spacial score (nSPS) is 11.3. The monoisotopic (exact) mass is 315 g/mol. The molecule has 0 saturated carbocycles. The molecular weight excluding hydrogens is 305 g/mol. The molecule has 0 atom stereocenters. The minimum absolute atomic E-state index is 0.166. The van der Waals surface area contributed by atoms with E-state index in [4.69, 9.17) is 23.2 Å². The number of rotatable bonds is 3. The Labute approximate surface area is 122 Å². The summed E-state index contributed by atoms with van der Waals surface area (Å²) in [5.74, 6) is 0. The quantitative estimate of drug-likeness (QED) is 0.863. The summed E-state index contributed by atoms with van der Waals surface area (Å²) in [6.07, 6.45) is 0. The van der Waals surface area contributed by atoms with Crippen LogP contribution >= 0.6 is 23.2 Å². The fourth-order valence-electron chi connectivity index (χ4n) is 1.60. The molecule has 0 radical (unpaired) electrons. The van der Waals surface area contributed by atoms with Gasteiger partial charge in [-0.15, -0.1) is 0 Å². The van der Waals surface area contributed by atoms with E-state index in [9.17, 15) is 8.42 Å². The van der Waals surface area contributed by atoms with Crippen LogP contribution in [0.4, 0.5) is 5.69 Å². The predicted octanol–water partition coefficient (Wildman–Crippen LogP) is 3.82. The third-order valence-electron chi connectivity index (χ3n) is 2.66. The molecule has 100 valence electrons. The lowest BCUT2D eigenvalue weighted by atomic mass is 10.3. The van der Waals surface area contributed by atoms with Gasteiger partial charge in [-0.3, -0.25) is 4.31 Å². The molecule has 0 aliphatic heterocycles. The number of anilines is 1. The van der Waals surface area contributed by atoms with Gasteiger partial charge in [-0.05, 0) is 36.4 Å². The number of sulfonamides is 1. The summed E-state index contributed by atoms with van der Waals surface area (Å²) in [7, 11) is -2.18. The Bertz CT molecular complexity index is 684. The summed E-state index contributed by atoms with van der Waals surface area (Å²) in [5.41, 5.74) is 0.430. The van der Waals surface area contributed by atoms with E-state index in [0.717, 1.165) is 4.31 Å². The Balaban J connectivity index is 2.45. The highest BCUT2D eigenvalue weighted by Gasteiger charge is 2.22. The van der Waals surface area contributed by atoms with E-state index in [2.05, 4.69) is 0 Å². The molecule has 6 heteroatoms. The summed E-state index contributed by atoms with van der Waals surface area (Å²) in [4.78, 5) is 0.166. The second-order valence-corrected chi connectivity index (χ2v) is 6.69. The lowest BCUT2D eigenvalue weighted by molar-refractivity contribution is 0.594. The van der Waals surface area contributed by atoms with Crippen molar-refractivity contribution < 1.29 is 8.42 Å². The van der Waals surface area contributed by atoms with E-state index in [0.29, 0.717) is 15.7 Å². The maximum absolute atomic E-state index is 12.4. The Hall–Kier alpha value is -1.23. The summed E-state index contributed by atoms with van der Waals surface area (Å²) in [6, 6.07) is 12.8. The van der Waals surface area contributed by atoms with Gasteiger partial charge in [0.25, 0.3) is 10.0 Å². The maximum atomic E-state index is 12.4. The number of halogens is 2. The van der Waals surface area contributed by atoms with Crippen LogP contribution in [-0.4, -0.2) is 15.5 Å². The topological polar surface area (TPSA) is 37.4 Å². The minimum atomic E-state index is -3.64. The summed E-state index contributed by atoms with van der Waals surface area (Å²) in [6.45, 7) is 0. The van der Waals surface area contributed by atoms with Crippen LogP contribution in [0.15, 0.2) is 53.4 Å². The molecule has 0 N–H and O–H groups in total. The van der Waals surface area contributed by atoms with E-state index in [1.165, 1.54) is 31.3 Å². The second-order valence-electron chi connectivity index (χ2n) is 3.88. The zero-order valence-electron chi connectivity index (χ0n) is 10.0. The van der Waals surface area contributed by atoms with Crippen molar-refractivity contribution in [1.82, 2.24) is 0 Å². The number of para-hydroxylation sites is 1. The molecule has 0 spiro atoms. The van der Waals surface area contributed by atoms with Crippen LogP contribution in [0.5, 0.6) is 0 Å². The molecule has 0 saturated heterocycles. The molecule has 19 heavy (non-hydrogen) atoms. The number of hydrogen-bond donors (Lipinski definition) is 0. The fourth-order valence-corrected chi connectivity index (χ4v) is 3.25. The first-order valence-corrected chi connectivity index (χ1v) is 7.61. The smallest absolute Gasteiger partial charge is 0.264 e. The van der Waals surface area contributed by atoms with Gasteiger partial charge in [0.15, 0.2) is 0 Å². The third-order valence-corrected chi connectivity index (χ3v) is 5.02. The SMILES string of the molecule is CN(c1ccccc1Cl)S(=O)(=O)c1ccc(Cl)cc1. The molecule has 0 amide bonds. The number of nitrogens with zero attached hydrogens (tertiary/aromatic N) is 1. The molecule has 2 aromatic rings. The Morgan fingerprint density at radius 2 is 1.53 bits per heavy atom. The predicted molar refractivity (Wildman–Crippen MR) is 78.5 cm³/mol. The van der Waals surface area contributed by atoms with Gasteiger partial charge in [-0.25, -0.2) is 8.42 Å². The first-order chi connectivity index (χ1) is 8.93. The van der Waals surface area contributed by atoms with Crippen molar-refractivity contribution >= 4 is 38.9 Å². The lowest BCUT2D eigenvalue weighted by Crippen LogP contribution is -2.26. The van der Waals surface area contributed by atoms with Crippen molar-refractivity contribution in [2.45, 2.75) is 4.90 Å². The van der Waals surface area contributed by atoms with Gasteiger partial charge in [-0.1, -0.05) is 35.3 Å². The van der Waals surface area contributed by atoms with Crippen LogP contribution in [0.2, 0.25) is 10.0 Å². The van der Waals surface area contributed by atoms with Gasteiger partial charge in [0.05, 0.1) is 15.6 Å². The standard InChI is InChI=1S/C13H11Cl2NO2S/c1-16(13-5-3-2-4-12(13)15)19(17,18)11-8-6-10(14)7-9-11/h2-9H,1H3. The fraction of sp³-hybridized carbons (Fsp3) is 0.0769. The summed E-state index contributed by atoms with van der Waals surface area (Å²) in [5, 5.41) is 0.863. The lowest BCUT2D eigenvalue weighted by Gasteiger charge is -2.20. The first kappa shape index (κ1) is 14.2. The number of benzene rings is 2. The average molecular weight is 316 g/mol. The molecule has 3 nitrogen and oxygen atoms in total. The minimum Gasteiger partial charge on any atom is -0.268 e. The molecule has 0 aromatic heterocycles. The maximum Gasteiger partial charge on any atom is 0.264 e. The molecule has 2 rings (SSSR count). The highest BCUT2D eigenvalue weighted by atomic mass is 35.5. The Morgan fingerprint density at radius 3 is 2.11 bits per heavy atom. The van der Waals surface area contributed by atoms with Crippen molar-refractivity contribution in [2.75, 3.05) is 11.4 Å². The van der Waals surface area contributed by atoms with Crippen molar-refractivity contribution in [3.05, 3.63) is 58.6 Å². The van der Waals surface area contributed by atoms with Crippen molar-refractivity contribution in [1.29, 1.82) is 0 Å². The third kappa shape index (κ3) is 2.86. The van der Waals surface area contributed by atoms with E-state index < -0.39 is 10.0 Å². The van der Waals surface area contributed by atoms with Crippen molar-refractivity contribution in [3.63, 3.8) is 0 Å². The van der Waals surface area contributed by atoms with E-state index in [1.54, 1.807) is 24.3 Å². The van der Waals surface area contributed by atoms with Crippen LogP contribution in [0.1, 0.15) is 0 Å². The van der Waals surface area contributed by atoms with Crippen LogP contribution < -0.4 is 4.31 Å². The first-order valence-electron chi connectivity index (χ1n) is 5.42. The Kier molecular flexibility index (Phi) is 4.04. The van der Waals surface area contributed by atoms with Crippen molar-refractivity contribution in [3.8, 4) is 0 Å². The van der Waals surface area contributed by atoms with Crippen molar-refractivity contribution in [2.24, 2.45) is 0 Å².